The highest BCUT2D eigenvalue weighted by molar-refractivity contribution is 5.80. The van der Waals surface area contributed by atoms with E-state index in [0.29, 0.717) is 19.8 Å². The number of hydrogen-bond donors (Lipinski definition) is 2. The summed E-state index contributed by atoms with van der Waals surface area (Å²) >= 11 is 0. The number of carbonyl (C=O) groups is 1. The number of carbonyl (C=O) groups excluding carboxylic acids is 1. The van der Waals surface area contributed by atoms with Gasteiger partial charge in [-0.05, 0) is 27.2 Å². The lowest BCUT2D eigenvalue weighted by Crippen LogP contribution is -2.42. The summed E-state index contributed by atoms with van der Waals surface area (Å²) in [6, 6.07) is 0. The zero-order valence-corrected chi connectivity index (χ0v) is 10.7. The summed E-state index contributed by atoms with van der Waals surface area (Å²) in [6.07, 6.45) is 0.336. The Bertz CT molecular complexity index is 202. The topological polar surface area (TPSA) is 73.6 Å². The fraction of sp³-hybridized carbons (Fsp3) is 0.909. The van der Waals surface area contributed by atoms with Gasteiger partial charge in [0.15, 0.2) is 0 Å². The number of methoxy groups -OCH3 is 1. The quantitative estimate of drug-likeness (QED) is 0.590. The van der Waals surface area contributed by atoms with Gasteiger partial charge in [0.1, 0.15) is 6.10 Å². The third kappa shape index (κ3) is 8.64. The molecule has 0 saturated carbocycles. The molecular weight excluding hydrogens is 208 g/mol. The van der Waals surface area contributed by atoms with E-state index in [1.807, 2.05) is 13.8 Å². The van der Waals surface area contributed by atoms with Crippen molar-refractivity contribution in [2.45, 2.75) is 38.8 Å². The van der Waals surface area contributed by atoms with Crippen LogP contribution < -0.4 is 11.1 Å². The maximum atomic E-state index is 11.5. The second-order valence-electron chi connectivity index (χ2n) is 4.58. The van der Waals surface area contributed by atoms with Gasteiger partial charge in [0, 0.05) is 25.8 Å². The summed E-state index contributed by atoms with van der Waals surface area (Å²) in [5.74, 6) is -0.111. The van der Waals surface area contributed by atoms with Crippen molar-refractivity contribution in [3.63, 3.8) is 0 Å². The molecule has 0 aromatic carbocycles. The Balaban J connectivity index is 3.65. The van der Waals surface area contributed by atoms with Crippen LogP contribution in [0.1, 0.15) is 27.2 Å². The van der Waals surface area contributed by atoms with Crippen molar-refractivity contribution in [2.75, 3.05) is 26.9 Å². The van der Waals surface area contributed by atoms with Gasteiger partial charge >= 0.3 is 0 Å². The van der Waals surface area contributed by atoms with Crippen molar-refractivity contribution < 1.29 is 14.3 Å². The second-order valence-corrected chi connectivity index (χ2v) is 4.58. The summed E-state index contributed by atoms with van der Waals surface area (Å²) < 4.78 is 10.2. The molecule has 0 radical (unpaired) electrons. The van der Waals surface area contributed by atoms with Crippen molar-refractivity contribution in [3.05, 3.63) is 0 Å². The van der Waals surface area contributed by atoms with Crippen LogP contribution in [0.2, 0.25) is 0 Å². The van der Waals surface area contributed by atoms with Gasteiger partial charge in [-0.3, -0.25) is 4.79 Å². The number of amides is 1. The SMILES string of the molecule is COCCCNC(=O)C(C)OCC(C)(C)N. The van der Waals surface area contributed by atoms with Crippen LogP contribution >= 0.6 is 0 Å². The first-order valence-electron chi connectivity index (χ1n) is 5.54. The minimum Gasteiger partial charge on any atom is -0.385 e. The van der Waals surface area contributed by atoms with E-state index in [1.165, 1.54) is 0 Å². The third-order valence-electron chi connectivity index (χ3n) is 1.90. The molecule has 5 nitrogen and oxygen atoms in total. The van der Waals surface area contributed by atoms with E-state index < -0.39 is 11.6 Å². The van der Waals surface area contributed by atoms with Crippen LogP contribution in [-0.2, 0) is 14.3 Å². The lowest BCUT2D eigenvalue weighted by molar-refractivity contribution is -0.132. The molecule has 0 saturated heterocycles. The molecule has 0 bridgehead atoms. The van der Waals surface area contributed by atoms with Gasteiger partial charge in [-0.25, -0.2) is 0 Å². The van der Waals surface area contributed by atoms with Crippen molar-refractivity contribution in [3.8, 4) is 0 Å². The van der Waals surface area contributed by atoms with Gasteiger partial charge in [0.05, 0.1) is 6.61 Å². The second kappa shape index (κ2) is 7.60. The predicted molar refractivity (Wildman–Crippen MR) is 63.2 cm³/mol. The Hall–Kier alpha value is -0.650. The summed E-state index contributed by atoms with van der Waals surface area (Å²) in [5.41, 5.74) is 5.34. The van der Waals surface area contributed by atoms with Crippen LogP contribution in [0.15, 0.2) is 0 Å². The summed E-state index contributed by atoms with van der Waals surface area (Å²) in [4.78, 5) is 11.5. The molecular formula is C11H24N2O3. The highest BCUT2D eigenvalue weighted by Gasteiger charge is 2.17. The zero-order chi connectivity index (χ0) is 12.6. The van der Waals surface area contributed by atoms with Crippen molar-refractivity contribution in [1.29, 1.82) is 0 Å². The van der Waals surface area contributed by atoms with E-state index in [9.17, 15) is 4.79 Å². The molecule has 0 heterocycles. The average Bonchev–Trinajstić information content (AvgIpc) is 2.19. The Morgan fingerprint density at radius 3 is 2.62 bits per heavy atom. The smallest absolute Gasteiger partial charge is 0.248 e. The number of nitrogens with two attached hydrogens (primary N) is 1. The molecule has 96 valence electrons. The molecule has 0 fully saturated rings. The number of rotatable bonds is 8. The molecule has 0 aromatic rings. The number of nitrogens with one attached hydrogen (secondary N) is 1. The van der Waals surface area contributed by atoms with E-state index in [0.717, 1.165) is 6.42 Å². The molecule has 1 atom stereocenters. The molecule has 1 unspecified atom stereocenters. The lowest BCUT2D eigenvalue weighted by Gasteiger charge is -2.21. The first-order valence-corrected chi connectivity index (χ1v) is 5.54. The standard InChI is InChI=1S/C11H24N2O3/c1-9(16-8-11(2,3)12)10(14)13-6-5-7-15-4/h9H,5-8,12H2,1-4H3,(H,13,14). The molecule has 0 spiro atoms. The fourth-order valence-electron chi connectivity index (χ4n) is 0.987. The molecule has 0 aliphatic heterocycles. The summed E-state index contributed by atoms with van der Waals surface area (Å²) in [6.45, 7) is 7.04. The third-order valence-corrected chi connectivity index (χ3v) is 1.90. The van der Waals surface area contributed by atoms with Gasteiger partial charge in [0.25, 0.3) is 0 Å². The fourth-order valence-corrected chi connectivity index (χ4v) is 0.987. The van der Waals surface area contributed by atoms with Gasteiger partial charge in [-0.1, -0.05) is 0 Å². The Labute approximate surface area is 97.7 Å². The summed E-state index contributed by atoms with van der Waals surface area (Å²) in [7, 11) is 1.64. The van der Waals surface area contributed by atoms with Gasteiger partial charge in [-0.2, -0.15) is 0 Å². The monoisotopic (exact) mass is 232 g/mol. The van der Waals surface area contributed by atoms with Gasteiger partial charge < -0.3 is 20.5 Å². The highest BCUT2D eigenvalue weighted by atomic mass is 16.5. The summed E-state index contributed by atoms with van der Waals surface area (Å²) in [5, 5.41) is 2.77. The van der Waals surface area contributed by atoms with Crippen LogP contribution in [0.5, 0.6) is 0 Å². The Kier molecular flexibility index (Phi) is 7.29. The Morgan fingerprint density at radius 1 is 1.50 bits per heavy atom. The maximum absolute atomic E-state index is 11.5. The molecule has 1 amide bonds. The normalized spacial score (nSPS) is 13.6. The first-order chi connectivity index (χ1) is 7.37. The van der Waals surface area contributed by atoms with Crippen molar-refractivity contribution in [2.24, 2.45) is 5.73 Å². The van der Waals surface area contributed by atoms with E-state index in [4.69, 9.17) is 15.2 Å². The van der Waals surface area contributed by atoms with E-state index >= 15 is 0 Å². The lowest BCUT2D eigenvalue weighted by atomic mass is 10.1. The molecule has 5 heteroatoms. The van der Waals surface area contributed by atoms with Crippen molar-refractivity contribution in [1.82, 2.24) is 5.32 Å². The molecule has 16 heavy (non-hydrogen) atoms. The first kappa shape index (κ1) is 15.3. The molecule has 0 aliphatic rings. The zero-order valence-electron chi connectivity index (χ0n) is 10.7. The highest BCUT2D eigenvalue weighted by Crippen LogP contribution is 2.00. The molecule has 0 aliphatic carbocycles. The number of hydrogen-bond acceptors (Lipinski definition) is 4. The largest absolute Gasteiger partial charge is 0.385 e. The van der Waals surface area contributed by atoms with Crippen LogP contribution in [-0.4, -0.2) is 44.4 Å². The Morgan fingerprint density at radius 2 is 2.12 bits per heavy atom. The average molecular weight is 232 g/mol. The minimum atomic E-state index is -0.467. The maximum Gasteiger partial charge on any atom is 0.248 e. The predicted octanol–water partition coefficient (Wildman–Crippen LogP) is 0.282. The van der Waals surface area contributed by atoms with Crippen LogP contribution in [0.4, 0.5) is 0 Å². The van der Waals surface area contributed by atoms with E-state index in [2.05, 4.69) is 5.32 Å². The van der Waals surface area contributed by atoms with Crippen molar-refractivity contribution >= 4 is 5.91 Å². The van der Waals surface area contributed by atoms with Gasteiger partial charge in [0.2, 0.25) is 5.91 Å². The molecule has 0 rings (SSSR count). The molecule has 3 N–H and O–H groups in total. The van der Waals surface area contributed by atoms with Crippen LogP contribution in [0.3, 0.4) is 0 Å². The van der Waals surface area contributed by atoms with Crippen LogP contribution in [0, 0.1) is 0 Å². The van der Waals surface area contributed by atoms with E-state index in [-0.39, 0.29) is 5.91 Å². The minimum absolute atomic E-state index is 0.111. The van der Waals surface area contributed by atoms with Crippen LogP contribution in [0.25, 0.3) is 0 Å². The van der Waals surface area contributed by atoms with Gasteiger partial charge in [-0.15, -0.1) is 0 Å². The van der Waals surface area contributed by atoms with E-state index in [1.54, 1.807) is 14.0 Å². The number of ether oxygens (including phenoxy) is 2. The molecule has 0 aromatic heterocycles.